The Bertz CT molecular complexity index is 805. The predicted molar refractivity (Wildman–Crippen MR) is 87.4 cm³/mol. The highest BCUT2D eigenvalue weighted by atomic mass is 16.5. The number of hydrogen-bond donors (Lipinski definition) is 1. The number of hydrogen-bond acceptors (Lipinski definition) is 7. The molecular weight excluding hydrogens is 326 g/mol. The third kappa shape index (κ3) is 3.79. The number of rotatable bonds is 5. The molecule has 8 heteroatoms. The quantitative estimate of drug-likeness (QED) is 0.823. The molecule has 0 spiro atoms. The molecule has 134 valence electrons. The molecule has 0 aromatic carbocycles. The van der Waals surface area contributed by atoms with Crippen molar-refractivity contribution in [2.75, 3.05) is 13.2 Å². The summed E-state index contributed by atoms with van der Waals surface area (Å²) in [5.41, 5.74) is 1.53. The lowest BCUT2D eigenvalue weighted by molar-refractivity contribution is 0.0457. The first kappa shape index (κ1) is 17.3. The van der Waals surface area contributed by atoms with Crippen molar-refractivity contribution >= 4 is 5.97 Å². The van der Waals surface area contributed by atoms with Crippen LogP contribution >= 0.6 is 0 Å². The normalized spacial score (nSPS) is 15.3. The number of H-pyrrole nitrogens is 1. The Morgan fingerprint density at radius 3 is 2.84 bits per heavy atom. The second-order valence-electron chi connectivity index (χ2n) is 6.04. The minimum Gasteiger partial charge on any atom is -0.455 e. The highest BCUT2D eigenvalue weighted by Gasteiger charge is 2.30. The molecule has 3 heterocycles. The summed E-state index contributed by atoms with van der Waals surface area (Å²) in [6.45, 7) is 4.69. The average Bonchev–Trinajstić information content (AvgIpc) is 3.05. The zero-order valence-corrected chi connectivity index (χ0v) is 14.3. The van der Waals surface area contributed by atoms with Crippen molar-refractivity contribution in [1.82, 2.24) is 15.4 Å². The van der Waals surface area contributed by atoms with Gasteiger partial charge in [-0.25, -0.2) is 4.79 Å². The van der Waals surface area contributed by atoms with Crippen molar-refractivity contribution in [3.05, 3.63) is 44.7 Å². The van der Waals surface area contributed by atoms with E-state index in [0.717, 1.165) is 12.8 Å². The van der Waals surface area contributed by atoms with E-state index in [1.54, 1.807) is 6.92 Å². The van der Waals surface area contributed by atoms with Gasteiger partial charge in [0.2, 0.25) is 5.43 Å². The first-order valence-corrected chi connectivity index (χ1v) is 8.38. The number of aromatic nitrogens is 3. The van der Waals surface area contributed by atoms with E-state index in [0.29, 0.717) is 42.3 Å². The molecule has 8 nitrogen and oxygen atoms in total. The predicted octanol–water partition coefficient (Wildman–Crippen LogP) is 1.88. The Hall–Kier alpha value is -2.48. The second-order valence-corrected chi connectivity index (χ2v) is 6.04. The SMILES string of the molecule is CCc1onc(C2CCOCC2)c1C(=O)OCc1n[nH]c(C)cc1=O. The fourth-order valence-corrected chi connectivity index (χ4v) is 2.88. The van der Waals surface area contributed by atoms with Crippen molar-refractivity contribution in [2.45, 2.75) is 45.6 Å². The van der Waals surface area contributed by atoms with Gasteiger partial charge in [-0.3, -0.25) is 9.89 Å². The number of esters is 1. The minimum absolute atomic E-state index is 0.112. The van der Waals surface area contributed by atoms with Crippen LogP contribution in [-0.2, 0) is 22.5 Å². The number of carbonyl (C=O) groups excluding carboxylic acids is 1. The summed E-state index contributed by atoms with van der Waals surface area (Å²) >= 11 is 0. The maximum atomic E-state index is 12.6. The maximum absolute atomic E-state index is 12.6. The maximum Gasteiger partial charge on any atom is 0.344 e. The van der Waals surface area contributed by atoms with E-state index in [2.05, 4.69) is 15.4 Å². The van der Waals surface area contributed by atoms with Crippen molar-refractivity contribution < 1.29 is 18.8 Å². The van der Waals surface area contributed by atoms with Crippen molar-refractivity contribution in [3.63, 3.8) is 0 Å². The summed E-state index contributed by atoms with van der Waals surface area (Å²) in [5.74, 6) is 0.0693. The van der Waals surface area contributed by atoms with Gasteiger partial charge in [0.05, 0.1) is 0 Å². The summed E-state index contributed by atoms with van der Waals surface area (Å²) in [4.78, 5) is 24.5. The lowest BCUT2D eigenvalue weighted by Crippen LogP contribution is -2.19. The number of ether oxygens (including phenoxy) is 2. The average molecular weight is 347 g/mol. The number of carbonyl (C=O) groups is 1. The fourth-order valence-electron chi connectivity index (χ4n) is 2.88. The van der Waals surface area contributed by atoms with Crippen LogP contribution in [0.5, 0.6) is 0 Å². The third-order valence-electron chi connectivity index (χ3n) is 4.26. The number of nitrogens with zero attached hydrogens (tertiary/aromatic N) is 2. The number of aromatic amines is 1. The summed E-state index contributed by atoms with van der Waals surface area (Å²) in [6, 6.07) is 1.42. The molecule has 1 fully saturated rings. The van der Waals surface area contributed by atoms with E-state index in [-0.39, 0.29) is 23.6 Å². The van der Waals surface area contributed by atoms with Crippen LogP contribution in [-0.4, -0.2) is 34.5 Å². The van der Waals surface area contributed by atoms with Crippen LogP contribution < -0.4 is 5.43 Å². The van der Waals surface area contributed by atoms with Gasteiger partial charge in [0, 0.05) is 37.3 Å². The van der Waals surface area contributed by atoms with Crippen LogP contribution in [0, 0.1) is 6.92 Å². The highest BCUT2D eigenvalue weighted by Crippen LogP contribution is 2.31. The van der Waals surface area contributed by atoms with E-state index in [1.165, 1.54) is 6.07 Å². The standard InChI is InChI=1S/C17H21N3O5/c1-3-14-15(16(20-25-14)11-4-6-23-7-5-11)17(22)24-9-12-13(21)8-10(2)18-19-12/h8,11H,3-7,9H2,1-2H3,(H,18,21). The smallest absolute Gasteiger partial charge is 0.344 e. The summed E-state index contributed by atoms with van der Waals surface area (Å²) in [5, 5.41) is 10.7. The third-order valence-corrected chi connectivity index (χ3v) is 4.26. The largest absolute Gasteiger partial charge is 0.455 e. The van der Waals surface area contributed by atoms with Crippen LogP contribution in [0.25, 0.3) is 0 Å². The van der Waals surface area contributed by atoms with Gasteiger partial charge in [0.25, 0.3) is 0 Å². The van der Waals surface area contributed by atoms with Gasteiger partial charge in [0.15, 0.2) is 5.76 Å². The van der Waals surface area contributed by atoms with Gasteiger partial charge in [-0.15, -0.1) is 0 Å². The van der Waals surface area contributed by atoms with Crippen LogP contribution in [0.4, 0.5) is 0 Å². The molecule has 0 atom stereocenters. The van der Waals surface area contributed by atoms with Gasteiger partial charge < -0.3 is 14.0 Å². The molecule has 1 aliphatic heterocycles. The van der Waals surface area contributed by atoms with Crippen LogP contribution in [0.3, 0.4) is 0 Å². The molecule has 2 aromatic heterocycles. The fraction of sp³-hybridized carbons (Fsp3) is 0.529. The number of nitrogens with one attached hydrogen (secondary N) is 1. The Labute approximate surface area is 144 Å². The Morgan fingerprint density at radius 1 is 1.40 bits per heavy atom. The van der Waals surface area contributed by atoms with Crippen LogP contribution in [0.15, 0.2) is 15.4 Å². The van der Waals surface area contributed by atoms with Crippen molar-refractivity contribution in [2.24, 2.45) is 0 Å². The lowest BCUT2D eigenvalue weighted by atomic mass is 9.93. The molecule has 25 heavy (non-hydrogen) atoms. The van der Waals surface area contributed by atoms with Gasteiger partial charge in [0.1, 0.15) is 23.6 Å². The molecule has 0 amide bonds. The monoisotopic (exact) mass is 347 g/mol. The lowest BCUT2D eigenvalue weighted by Gasteiger charge is -2.20. The summed E-state index contributed by atoms with van der Waals surface area (Å²) < 4.78 is 16.0. The van der Waals surface area contributed by atoms with Gasteiger partial charge in [-0.1, -0.05) is 12.1 Å². The summed E-state index contributed by atoms with van der Waals surface area (Å²) in [6.07, 6.45) is 2.11. The highest BCUT2D eigenvalue weighted by molar-refractivity contribution is 5.91. The Morgan fingerprint density at radius 2 is 2.16 bits per heavy atom. The molecule has 0 saturated carbocycles. The van der Waals surface area contributed by atoms with Crippen LogP contribution in [0.1, 0.15) is 58.9 Å². The molecule has 3 rings (SSSR count). The molecule has 1 aliphatic rings. The number of aryl methyl sites for hydroxylation is 2. The first-order valence-electron chi connectivity index (χ1n) is 8.38. The van der Waals surface area contributed by atoms with E-state index in [4.69, 9.17) is 14.0 Å². The zero-order chi connectivity index (χ0) is 17.8. The van der Waals surface area contributed by atoms with Crippen LogP contribution in [0.2, 0.25) is 0 Å². The van der Waals surface area contributed by atoms with E-state index in [9.17, 15) is 9.59 Å². The van der Waals surface area contributed by atoms with E-state index >= 15 is 0 Å². The van der Waals surface area contributed by atoms with Gasteiger partial charge in [-0.2, -0.15) is 5.10 Å². The summed E-state index contributed by atoms with van der Waals surface area (Å²) in [7, 11) is 0. The minimum atomic E-state index is -0.540. The second kappa shape index (κ2) is 7.60. The molecule has 1 saturated heterocycles. The zero-order valence-electron chi connectivity index (χ0n) is 14.3. The molecule has 0 bridgehead atoms. The van der Waals surface area contributed by atoms with Crippen molar-refractivity contribution in [1.29, 1.82) is 0 Å². The Kier molecular flexibility index (Phi) is 5.28. The molecule has 0 aliphatic carbocycles. The van der Waals surface area contributed by atoms with E-state index in [1.807, 2.05) is 6.92 Å². The van der Waals surface area contributed by atoms with Gasteiger partial charge in [-0.05, 0) is 19.8 Å². The molecule has 2 aromatic rings. The molecular formula is C17H21N3O5. The topological polar surface area (TPSA) is 107 Å². The molecule has 0 unspecified atom stereocenters. The molecule has 0 radical (unpaired) electrons. The molecule has 1 N–H and O–H groups in total. The van der Waals surface area contributed by atoms with Gasteiger partial charge >= 0.3 is 5.97 Å². The Balaban J connectivity index is 1.78. The van der Waals surface area contributed by atoms with E-state index < -0.39 is 5.97 Å². The van der Waals surface area contributed by atoms with Crippen molar-refractivity contribution in [3.8, 4) is 0 Å². The first-order chi connectivity index (χ1) is 12.1.